The van der Waals surface area contributed by atoms with Crippen molar-refractivity contribution in [2.75, 3.05) is 26.7 Å². The largest absolute Gasteiger partial charge is 0.496 e. The molecule has 0 bridgehead atoms. The highest BCUT2D eigenvalue weighted by atomic mass is 32.2. The summed E-state index contributed by atoms with van der Waals surface area (Å²) >= 11 is 0. The molecule has 0 aliphatic carbocycles. The van der Waals surface area contributed by atoms with Crippen molar-refractivity contribution in [2.24, 2.45) is 0 Å². The van der Waals surface area contributed by atoms with E-state index in [1.807, 2.05) is 22.9 Å². The number of ether oxygens (including phenoxy) is 1. The molecule has 1 N–H and O–H groups in total. The van der Waals surface area contributed by atoms with Crippen LogP contribution in [0.5, 0.6) is 5.75 Å². The lowest BCUT2D eigenvalue weighted by molar-refractivity contribution is -0.139. The summed E-state index contributed by atoms with van der Waals surface area (Å²) in [5.41, 5.74) is -0.128. The Hall–Kier alpha value is -2.13. The predicted molar refractivity (Wildman–Crippen MR) is 90.2 cm³/mol. The smallest absolute Gasteiger partial charge is 0.304 e. The van der Waals surface area contributed by atoms with Gasteiger partial charge in [-0.15, -0.1) is 0 Å². The second kappa shape index (κ2) is 5.99. The van der Waals surface area contributed by atoms with Crippen LogP contribution in [0.4, 0.5) is 0 Å². The zero-order valence-electron chi connectivity index (χ0n) is 14.4. The van der Waals surface area contributed by atoms with Gasteiger partial charge in [0.1, 0.15) is 11.8 Å². The Morgan fingerprint density at radius 2 is 1.96 bits per heavy atom. The lowest BCUT2D eigenvalue weighted by Gasteiger charge is -2.38. The SMILES string of the molecule is COc1ccccc1C(C)(C)C(=O)N1CCN2C(C1)C(=O)NS2(=O)=O. The van der Waals surface area contributed by atoms with Gasteiger partial charge in [0.05, 0.1) is 12.5 Å². The third kappa shape index (κ3) is 2.87. The molecule has 1 aromatic rings. The van der Waals surface area contributed by atoms with Crippen molar-refractivity contribution in [1.82, 2.24) is 13.9 Å². The van der Waals surface area contributed by atoms with Gasteiger partial charge in [-0.3, -0.25) is 9.59 Å². The topological polar surface area (TPSA) is 96.0 Å². The fourth-order valence-electron chi connectivity index (χ4n) is 3.38. The van der Waals surface area contributed by atoms with Gasteiger partial charge >= 0.3 is 10.2 Å². The minimum atomic E-state index is -3.77. The maximum absolute atomic E-state index is 13.1. The first-order valence-electron chi connectivity index (χ1n) is 7.95. The summed E-state index contributed by atoms with van der Waals surface area (Å²) in [7, 11) is -2.22. The van der Waals surface area contributed by atoms with Crippen molar-refractivity contribution in [2.45, 2.75) is 25.3 Å². The Balaban J connectivity index is 1.85. The molecule has 8 nitrogen and oxygen atoms in total. The van der Waals surface area contributed by atoms with Crippen molar-refractivity contribution in [3.8, 4) is 5.75 Å². The van der Waals surface area contributed by atoms with Crippen molar-refractivity contribution in [3.63, 3.8) is 0 Å². The Morgan fingerprint density at radius 1 is 1.28 bits per heavy atom. The molecular formula is C16H21N3O5S. The molecule has 9 heteroatoms. The average molecular weight is 367 g/mol. The van der Waals surface area contributed by atoms with Crippen LogP contribution in [-0.2, 0) is 25.2 Å². The van der Waals surface area contributed by atoms with Crippen molar-refractivity contribution in [1.29, 1.82) is 0 Å². The minimum Gasteiger partial charge on any atom is -0.496 e. The van der Waals surface area contributed by atoms with Crippen LogP contribution in [0.3, 0.4) is 0 Å². The number of benzene rings is 1. The number of para-hydroxylation sites is 1. The molecule has 0 radical (unpaired) electrons. The van der Waals surface area contributed by atoms with E-state index in [1.54, 1.807) is 31.9 Å². The first-order valence-corrected chi connectivity index (χ1v) is 9.39. The first-order chi connectivity index (χ1) is 11.7. The Morgan fingerprint density at radius 3 is 2.64 bits per heavy atom. The highest BCUT2D eigenvalue weighted by Crippen LogP contribution is 2.34. The quantitative estimate of drug-likeness (QED) is 0.802. The summed E-state index contributed by atoms with van der Waals surface area (Å²) in [6, 6.07) is 6.42. The normalized spacial score (nSPS) is 23.1. The number of hydrogen-bond donors (Lipinski definition) is 1. The molecule has 2 amide bonds. The molecule has 2 saturated heterocycles. The molecule has 136 valence electrons. The zero-order valence-corrected chi connectivity index (χ0v) is 15.2. The van der Waals surface area contributed by atoms with Crippen LogP contribution in [0.25, 0.3) is 0 Å². The third-order valence-electron chi connectivity index (χ3n) is 4.77. The van der Waals surface area contributed by atoms with Crippen molar-refractivity contribution < 1.29 is 22.7 Å². The summed E-state index contributed by atoms with van der Waals surface area (Å²) < 4.78 is 32.2. The van der Waals surface area contributed by atoms with Gasteiger partial charge in [-0.2, -0.15) is 12.7 Å². The van der Waals surface area contributed by atoms with Gasteiger partial charge in [0.25, 0.3) is 5.91 Å². The molecule has 2 aliphatic heterocycles. The molecule has 25 heavy (non-hydrogen) atoms. The van der Waals surface area contributed by atoms with Crippen molar-refractivity contribution >= 4 is 22.0 Å². The molecule has 2 aliphatic rings. The van der Waals surface area contributed by atoms with Gasteiger partial charge in [-0.05, 0) is 19.9 Å². The van der Waals surface area contributed by atoms with Gasteiger partial charge in [-0.25, -0.2) is 4.72 Å². The van der Waals surface area contributed by atoms with E-state index >= 15 is 0 Å². The molecule has 2 fully saturated rings. The lowest BCUT2D eigenvalue weighted by Crippen LogP contribution is -2.57. The number of nitrogens with zero attached hydrogens (tertiary/aromatic N) is 2. The van der Waals surface area contributed by atoms with Gasteiger partial charge in [-0.1, -0.05) is 18.2 Å². The maximum Gasteiger partial charge on any atom is 0.304 e. The Bertz CT molecular complexity index is 821. The van der Waals surface area contributed by atoms with E-state index in [9.17, 15) is 18.0 Å². The highest BCUT2D eigenvalue weighted by molar-refractivity contribution is 7.88. The standard InChI is InChI=1S/C16H21N3O5S/c1-16(2,11-6-4-5-7-13(11)24-3)15(21)18-8-9-19-12(10-18)14(20)17-25(19,22)23/h4-7,12H,8-10H2,1-3H3,(H,17,20). The van der Waals surface area contributed by atoms with Crippen LogP contribution >= 0.6 is 0 Å². The van der Waals surface area contributed by atoms with Crippen LogP contribution in [0.2, 0.25) is 0 Å². The lowest BCUT2D eigenvalue weighted by atomic mass is 9.82. The summed E-state index contributed by atoms with van der Waals surface area (Å²) in [5, 5.41) is 0. The van der Waals surface area contributed by atoms with Crippen LogP contribution in [-0.4, -0.2) is 62.2 Å². The molecule has 2 heterocycles. The number of fused-ring (bicyclic) bond motifs is 1. The number of amides is 2. The number of methoxy groups -OCH3 is 1. The first kappa shape index (κ1) is 17.7. The Kier molecular flexibility index (Phi) is 4.24. The fraction of sp³-hybridized carbons (Fsp3) is 0.500. The summed E-state index contributed by atoms with van der Waals surface area (Å²) in [5.74, 6) is -0.151. The van der Waals surface area contributed by atoms with Crippen LogP contribution in [0, 0.1) is 0 Å². The van der Waals surface area contributed by atoms with E-state index in [-0.39, 0.29) is 25.5 Å². The number of carbonyl (C=O) groups excluding carboxylic acids is 2. The molecule has 0 saturated carbocycles. The second-order valence-electron chi connectivity index (χ2n) is 6.67. The molecule has 0 spiro atoms. The van der Waals surface area contributed by atoms with Crippen LogP contribution in [0.15, 0.2) is 24.3 Å². The van der Waals surface area contributed by atoms with E-state index in [0.29, 0.717) is 5.75 Å². The number of hydrogen-bond acceptors (Lipinski definition) is 5. The van der Waals surface area contributed by atoms with E-state index in [1.165, 1.54) is 0 Å². The van der Waals surface area contributed by atoms with Gasteiger partial charge in [0.2, 0.25) is 5.91 Å². The zero-order chi connectivity index (χ0) is 18.4. The fourth-order valence-corrected chi connectivity index (χ4v) is 4.70. The summed E-state index contributed by atoms with van der Waals surface area (Å²) in [6.45, 7) is 3.97. The monoisotopic (exact) mass is 367 g/mol. The summed E-state index contributed by atoms with van der Waals surface area (Å²) in [6.07, 6.45) is 0. The van der Waals surface area contributed by atoms with E-state index in [4.69, 9.17) is 4.74 Å². The van der Waals surface area contributed by atoms with E-state index in [2.05, 4.69) is 0 Å². The van der Waals surface area contributed by atoms with Gasteiger partial charge in [0.15, 0.2) is 0 Å². The third-order valence-corrected chi connectivity index (χ3v) is 6.29. The minimum absolute atomic E-state index is 0.0441. The van der Waals surface area contributed by atoms with Crippen LogP contribution < -0.4 is 9.46 Å². The molecule has 0 aromatic heterocycles. The van der Waals surface area contributed by atoms with Gasteiger partial charge in [0, 0.05) is 25.2 Å². The van der Waals surface area contributed by atoms with Crippen LogP contribution in [0.1, 0.15) is 19.4 Å². The van der Waals surface area contributed by atoms with E-state index in [0.717, 1.165) is 9.87 Å². The molecule has 1 unspecified atom stereocenters. The predicted octanol–water partition coefficient (Wildman–Crippen LogP) is -0.140. The number of carbonyl (C=O) groups is 2. The molecule has 3 rings (SSSR count). The second-order valence-corrected chi connectivity index (χ2v) is 8.30. The van der Waals surface area contributed by atoms with Crippen molar-refractivity contribution in [3.05, 3.63) is 29.8 Å². The summed E-state index contributed by atoms with van der Waals surface area (Å²) in [4.78, 5) is 26.6. The average Bonchev–Trinajstić information content (AvgIpc) is 2.82. The molecule has 1 aromatic carbocycles. The number of piperazine rings is 1. The molecule has 1 atom stereocenters. The van der Waals surface area contributed by atoms with Gasteiger partial charge < -0.3 is 9.64 Å². The number of nitrogens with one attached hydrogen (secondary N) is 1. The maximum atomic E-state index is 13.1. The molecular weight excluding hydrogens is 346 g/mol. The van der Waals surface area contributed by atoms with E-state index < -0.39 is 27.6 Å². The Labute approximate surface area is 146 Å². The number of rotatable bonds is 3. The highest BCUT2D eigenvalue weighted by Gasteiger charge is 2.49.